The Balaban J connectivity index is 1.58. The van der Waals surface area contributed by atoms with Gasteiger partial charge in [0.1, 0.15) is 12.6 Å². The minimum atomic E-state index is -4.31. The summed E-state index contributed by atoms with van der Waals surface area (Å²) in [6.07, 6.45) is 5.11. The number of sulfonamides is 1. The van der Waals surface area contributed by atoms with Gasteiger partial charge in [0.05, 0.1) is 20.6 Å². The molecule has 47 heavy (non-hydrogen) atoms. The molecule has 4 aromatic carbocycles. The van der Waals surface area contributed by atoms with Gasteiger partial charge in [-0.15, -0.1) is 0 Å². The number of rotatable bonds is 12. The highest BCUT2D eigenvalue weighted by molar-refractivity contribution is 7.92. The SMILES string of the molecule is O=C(NC1CCCCC1)C(Cc1ccccc1)N(Cc1cccc(Cl)c1)C(=O)CN(c1cccc(Cl)c1Cl)S(=O)(=O)c1ccccc1. The van der Waals surface area contributed by atoms with E-state index in [9.17, 15) is 18.0 Å². The summed E-state index contributed by atoms with van der Waals surface area (Å²) >= 11 is 19.3. The molecule has 0 aliphatic heterocycles. The molecule has 0 bridgehead atoms. The van der Waals surface area contributed by atoms with Crippen LogP contribution in [0.3, 0.4) is 0 Å². The molecule has 0 heterocycles. The molecule has 11 heteroatoms. The Hall–Kier alpha value is -3.56. The van der Waals surface area contributed by atoms with E-state index in [1.54, 1.807) is 48.5 Å². The molecule has 1 saturated carbocycles. The average molecular weight is 713 g/mol. The molecule has 1 unspecified atom stereocenters. The summed E-state index contributed by atoms with van der Waals surface area (Å²) in [5.74, 6) is -0.894. The molecule has 5 rings (SSSR count). The largest absolute Gasteiger partial charge is 0.352 e. The molecule has 1 aliphatic rings. The van der Waals surface area contributed by atoms with Gasteiger partial charge in [-0.25, -0.2) is 8.42 Å². The maximum absolute atomic E-state index is 14.6. The van der Waals surface area contributed by atoms with Crippen molar-refractivity contribution < 1.29 is 18.0 Å². The molecule has 1 atom stereocenters. The highest BCUT2D eigenvalue weighted by Crippen LogP contribution is 2.35. The number of hydrogen-bond donors (Lipinski definition) is 1. The summed E-state index contributed by atoms with van der Waals surface area (Å²) in [5.41, 5.74) is 1.59. The van der Waals surface area contributed by atoms with E-state index >= 15 is 0 Å². The third-order valence-electron chi connectivity index (χ3n) is 8.27. The van der Waals surface area contributed by atoms with E-state index in [-0.39, 0.29) is 45.5 Å². The molecule has 0 saturated heterocycles. The van der Waals surface area contributed by atoms with Crippen LogP contribution in [0, 0.1) is 0 Å². The molecule has 0 radical (unpaired) electrons. The second kappa shape index (κ2) is 16.0. The number of benzene rings is 4. The van der Waals surface area contributed by atoms with Crippen LogP contribution in [0.2, 0.25) is 15.1 Å². The van der Waals surface area contributed by atoms with Gasteiger partial charge in [-0.05, 0) is 60.4 Å². The van der Waals surface area contributed by atoms with Crippen LogP contribution in [-0.4, -0.2) is 43.8 Å². The standard InChI is InChI=1S/C36H36Cl3N3O4S/c37-28-15-10-14-27(22-28)24-41(33(23-26-12-4-1-5-13-26)36(44)40-29-16-6-2-7-17-29)34(43)25-42(32-21-11-20-31(38)35(32)39)47(45,46)30-18-8-3-9-19-30/h1,3-5,8-15,18-22,29,33H,2,6-7,16-17,23-25H2,(H,40,44). The molecule has 4 aromatic rings. The van der Waals surface area contributed by atoms with Crippen LogP contribution in [-0.2, 0) is 32.6 Å². The van der Waals surface area contributed by atoms with Crippen LogP contribution in [0.4, 0.5) is 5.69 Å². The summed E-state index contributed by atoms with van der Waals surface area (Å²) in [6, 6.07) is 27.9. The van der Waals surface area contributed by atoms with Gasteiger partial charge >= 0.3 is 0 Å². The third-order valence-corrected chi connectivity index (χ3v) is 11.1. The molecule has 2 amide bonds. The fourth-order valence-electron chi connectivity index (χ4n) is 5.85. The van der Waals surface area contributed by atoms with Crippen molar-refractivity contribution in [2.24, 2.45) is 0 Å². The number of hydrogen-bond acceptors (Lipinski definition) is 4. The maximum Gasteiger partial charge on any atom is 0.264 e. The van der Waals surface area contributed by atoms with E-state index in [1.165, 1.54) is 23.1 Å². The Kier molecular flexibility index (Phi) is 11.9. The molecular weight excluding hydrogens is 677 g/mol. The summed E-state index contributed by atoms with van der Waals surface area (Å²) in [4.78, 5) is 30.3. The first-order valence-electron chi connectivity index (χ1n) is 15.5. The topological polar surface area (TPSA) is 86.8 Å². The highest BCUT2D eigenvalue weighted by atomic mass is 35.5. The Bertz CT molecular complexity index is 1790. The zero-order valence-electron chi connectivity index (χ0n) is 25.7. The number of carbonyl (C=O) groups excluding carboxylic acids is 2. The number of halogens is 3. The second-order valence-corrected chi connectivity index (χ2v) is 14.7. The van der Waals surface area contributed by atoms with Crippen molar-refractivity contribution >= 4 is 62.3 Å². The lowest BCUT2D eigenvalue weighted by molar-refractivity contribution is -0.140. The van der Waals surface area contributed by atoms with Gasteiger partial charge in [-0.3, -0.25) is 13.9 Å². The molecule has 1 fully saturated rings. The lowest BCUT2D eigenvalue weighted by Crippen LogP contribution is -2.55. The Morgan fingerprint density at radius 3 is 2.11 bits per heavy atom. The van der Waals surface area contributed by atoms with Crippen LogP contribution in [0.25, 0.3) is 0 Å². The van der Waals surface area contributed by atoms with Gasteiger partial charge < -0.3 is 10.2 Å². The van der Waals surface area contributed by atoms with Crippen molar-refractivity contribution in [1.29, 1.82) is 0 Å². The number of nitrogens with zero attached hydrogens (tertiary/aromatic N) is 2. The number of carbonyl (C=O) groups is 2. The summed E-state index contributed by atoms with van der Waals surface area (Å²) in [5, 5.41) is 3.79. The van der Waals surface area contributed by atoms with E-state index in [2.05, 4.69) is 5.32 Å². The van der Waals surface area contributed by atoms with Crippen LogP contribution in [0.15, 0.2) is 108 Å². The van der Waals surface area contributed by atoms with Gasteiger partial charge in [0.2, 0.25) is 11.8 Å². The second-order valence-electron chi connectivity index (χ2n) is 11.6. The summed E-state index contributed by atoms with van der Waals surface area (Å²) < 4.78 is 29.3. The number of amides is 2. The predicted molar refractivity (Wildman–Crippen MR) is 188 cm³/mol. The Labute approximate surface area is 291 Å². The van der Waals surface area contributed by atoms with Crippen LogP contribution < -0.4 is 9.62 Å². The minimum Gasteiger partial charge on any atom is -0.352 e. The molecule has 0 aromatic heterocycles. The first-order chi connectivity index (χ1) is 22.6. The molecular formula is C36H36Cl3N3O4S. The van der Waals surface area contributed by atoms with Crippen molar-refractivity contribution in [3.63, 3.8) is 0 Å². The fourth-order valence-corrected chi connectivity index (χ4v) is 7.96. The number of anilines is 1. The maximum atomic E-state index is 14.6. The minimum absolute atomic E-state index is 0.00197. The summed E-state index contributed by atoms with van der Waals surface area (Å²) in [7, 11) is -4.31. The van der Waals surface area contributed by atoms with Crippen molar-refractivity contribution in [2.75, 3.05) is 10.8 Å². The molecule has 1 N–H and O–H groups in total. The van der Waals surface area contributed by atoms with Gasteiger partial charge in [-0.1, -0.05) is 121 Å². The molecule has 246 valence electrons. The van der Waals surface area contributed by atoms with Gasteiger partial charge in [-0.2, -0.15) is 0 Å². The van der Waals surface area contributed by atoms with E-state index in [0.29, 0.717) is 10.6 Å². The van der Waals surface area contributed by atoms with Crippen molar-refractivity contribution in [3.8, 4) is 0 Å². The predicted octanol–water partition coefficient (Wildman–Crippen LogP) is 7.93. The Morgan fingerprint density at radius 1 is 0.787 bits per heavy atom. The van der Waals surface area contributed by atoms with Crippen LogP contribution >= 0.6 is 34.8 Å². The van der Waals surface area contributed by atoms with E-state index < -0.39 is 28.5 Å². The van der Waals surface area contributed by atoms with E-state index in [0.717, 1.165) is 42.0 Å². The summed E-state index contributed by atoms with van der Waals surface area (Å²) in [6.45, 7) is -0.628. The van der Waals surface area contributed by atoms with Crippen LogP contribution in [0.1, 0.15) is 43.2 Å². The highest BCUT2D eigenvalue weighted by Gasteiger charge is 2.36. The third kappa shape index (κ3) is 8.87. The van der Waals surface area contributed by atoms with Crippen LogP contribution in [0.5, 0.6) is 0 Å². The first-order valence-corrected chi connectivity index (χ1v) is 18.1. The van der Waals surface area contributed by atoms with Gasteiger partial charge in [0.15, 0.2) is 0 Å². The Morgan fingerprint density at radius 2 is 1.43 bits per heavy atom. The quantitative estimate of drug-likeness (QED) is 0.162. The lowest BCUT2D eigenvalue weighted by atomic mass is 9.94. The average Bonchev–Trinajstić information content (AvgIpc) is 3.08. The zero-order chi connectivity index (χ0) is 33.4. The normalized spacial score (nSPS) is 14.3. The fraction of sp³-hybridized carbons (Fsp3) is 0.278. The molecule has 7 nitrogen and oxygen atoms in total. The van der Waals surface area contributed by atoms with Crippen molar-refractivity contribution in [1.82, 2.24) is 10.2 Å². The smallest absolute Gasteiger partial charge is 0.264 e. The zero-order valence-corrected chi connectivity index (χ0v) is 28.8. The van der Waals surface area contributed by atoms with Crippen molar-refractivity contribution in [3.05, 3.63) is 129 Å². The van der Waals surface area contributed by atoms with Gasteiger partial charge in [0.25, 0.3) is 10.0 Å². The monoisotopic (exact) mass is 711 g/mol. The van der Waals surface area contributed by atoms with Gasteiger partial charge in [0, 0.05) is 24.0 Å². The van der Waals surface area contributed by atoms with E-state index in [1.807, 2.05) is 36.4 Å². The molecule has 0 spiro atoms. The first kappa shape index (κ1) is 34.8. The lowest BCUT2D eigenvalue weighted by Gasteiger charge is -2.35. The number of nitrogens with one attached hydrogen (secondary N) is 1. The molecule has 1 aliphatic carbocycles. The van der Waals surface area contributed by atoms with Crippen molar-refractivity contribution in [2.45, 2.75) is 62.0 Å². The van der Waals surface area contributed by atoms with E-state index in [4.69, 9.17) is 34.8 Å².